The number of alkyl carbamates (subject to hydrolysis) is 1. The monoisotopic (exact) mass is 330 g/mol. The van der Waals surface area contributed by atoms with Crippen molar-refractivity contribution in [3.8, 4) is 0 Å². The van der Waals surface area contributed by atoms with Crippen LogP contribution < -0.4 is 10.5 Å². The molecule has 0 radical (unpaired) electrons. The van der Waals surface area contributed by atoms with Crippen molar-refractivity contribution in [2.24, 2.45) is 5.14 Å². The molecule has 122 valence electrons. The molecule has 0 aromatic heterocycles. The maximum atomic E-state index is 11.6. The van der Waals surface area contributed by atoms with Crippen LogP contribution in [-0.2, 0) is 30.9 Å². The van der Waals surface area contributed by atoms with E-state index in [1.165, 1.54) is 0 Å². The molecule has 8 nitrogen and oxygen atoms in total. The molecule has 0 aliphatic heterocycles. The zero-order valence-electron chi connectivity index (χ0n) is 12.0. The predicted octanol–water partition coefficient (Wildman–Crippen LogP) is 0.133. The topological polar surface area (TPSA) is 125 Å². The first-order valence-corrected chi connectivity index (χ1v) is 8.09. The number of carbonyl (C=O) groups is 2. The zero-order chi connectivity index (χ0) is 16.6. The van der Waals surface area contributed by atoms with E-state index in [1.54, 1.807) is 24.3 Å². The number of nitrogens with one attached hydrogen (secondary N) is 1. The van der Waals surface area contributed by atoms with Crippen molar-refractivity contribution in [1.29, 1.82) is 0 Å². The second-order valence-electron chi connectivity index (χ2n) is 4.44. The van der Waals surface area contributed by atoms with Gasteiger partial charge < -0.3 is 14.8 Å². The van der Waals surface area contributed by atoms with E-state index in [9.17, 15) is 18.0 Å². The SMILES string of the molecule is COC(=O)[C@@H](CCS(N)(=O)=O)NC(=O)OCc1ccccc1. The molecule has 1 atom stereocenters. The van der Waals surface area contributed by atoms with Gasteiger partial charge in [-0.1, -0.05) is 30.3 Å². The van der Waals surface area contributed by atoms with Crippen LogP contribution in [0.3, 0.4) is 0 Å². The molecule has 0 fully saturated rings. The van der Waals surface area contributed by atoms with E-state index in [1.807, 2.05) is 6.07 Å². The third-order valence-electron chi connectivity index (χ3n) is 2.68. The number of benzene rings is 1. The van der Waals surface area contributed by atoms with E-state index in [0.29, 0.717) is 0 Å². The fourth-order valence-electron chi connectivity index (χ4n) is 1.58. The average Bonchev–Trinajstić information content (AvgIpc) is 2.48. The van der Waals surface area contributed by atoms with Crippen molar-refractivity contribution >= 4 is 22.1 Å². The van der Waals surface area contributed by atoms with Gasteiger partial charge in [0.05, 0.1) is 12.9 Å². The van der Waals surface area contributed by atoms with Crippen LogP contribution in [0, 0.1) is 0 Å². The van der Waals surface area contributed by atoms with Gasteiger partial charge in [0, 0.05) is 0 Å². The van der Waals surface area contributed by atoms with Crippen LogP contribution in [0.2, 0.25) is 0 Å². The molecule has 0 heterocycles. The standard InChI is InChI=1S/C13H18N2O6S/c1-20-12(16)11(7-8-22(14,18)19)15-13(17)21-9-10-5-3-2-4-6-10/h2-6,11H,7-9H2,1H3,(H,15,17)(H2,14,18,19)/t11-/m1/s1. The number of nitrogens with two attached hydrogens (primary N) is 1. The lowest BCUT2D eigenvalue weighted by molar-refractivity contribution is -0.143. The summed E-state index contributed by atoms with van der Waals surface area (Å²) < 4.78 is 31.3. The van der Waals surface area contributed by atoms with Gasteiger partial charge in [-0.25, -0.2) is 23.1 Å². The van der Waals surface area contributed by atoms with Gasteiger partial charge in [-0.3, -0.25) is 0 Å². The molecular weight excluding hydrogens is 312 g/mol. The molecular formula is C13H18N2O6S. The first-order chi connectivity index (χ1) is 10.3. The summed E-state index contributed by atoms with van der Waals surface area (Å²) in [4.78, 5) is 23.2. The molecule has 9 heteroatoms. The van der Waals surface area contributed by atoms with Gasteiger partial charge in [-0.15, -0.1) is 0 Å². The Morgan fingerprint density at radius 1 is 1.27 bits per heavy atom. The molecule has 1 amide bonds. The molecule has 1 aromatic carbocycles. The second-order valence-corrected chi connectivity index (χ2v) is 6.17. The van der Waals surface area contributed by atoms with Crippen LogP contribution in [-0.4, -0.2) is 39.4 Å². The normalized spacial score (nSPS) is 12.3. The van der Waals surface area contributed by atoms with Gasteiger partial charge in [0.2, 0.25) is 10.0 Å². The van der Waals surface area contributed by atoms with Crippen LogP contribution in [0.25, 0.3) is 0 Å². The van der Waals surface area contributed by atoms with E-state index in [0.717, 1.165) is 12.7 Å². The minimum Gasteiger partial charge on any atom is -0.467 e. The fraction of sp³-hybridized carbons (Fsp3) is 0.385. The van der Waals surface area contributed by atoms with Crippen molar-refractivity contribution in [3.63, 3.8) is 0 Å². The summed E-state index contributed by atoms with van der Waals surface area (Å²) in [6.45, 7) is 0.0236. The number of amides is 1. The molecule has 3 N–H and O–H groups in total. The summed E-state index contributed by atoms with van der Waals surface area (Å²) in [6.07, 6.45) is -1.06. The quantitative estimate of drug-likeness (QED) is 0.685. The highest BCUT2D eigenvalue weighted by Gasteiger charge is 2.23. The number of hydrogen-bond acceptors (Lipinski definition) is 6. The number of esters is 1. The lowest BCUT2D eigenvalue weighted by Gasteiger charge is -2.15. The Hall–Kier alpha value is -2.13. The van der Waals surface area contributed by atoms with Crippen LogP contribution in [0.1, 0.15) is 12.0 Å². The molecule has 22 heavy (non-hydrogen) atoms. The third kappa shape index (κ3) is 7.04. The van der Waals surface area contributed by atoms with Gasteiger partial charge in [-0.2, -0.15) is 0 Å². The molecule has 0 aliphatic rings. The molecule has 0 saturated heterocycles. The largest absolute Gasteiger partial charge is 0.467 e. The Morgan fingerprint density at radius 2 is 1.91 bits per heavy atom. The van der Waals surface area contributed by atoms with Crippen molar-refractivity contribution in [1.82, 2.24) is 5.32 Å². The molecule has 0 bridgehead atoms. The minimum atomic E-state index is -3.75. The lowest BCUT2D eigenvalue weighted by Crippen LogP contribution is -2.43. The van der Waals surface area contributed by atoms with Crippen LogP contribution in [0.4, 0.5) is 4.79 Å². The van der Waals surface area contributed by atoms with Crippen molar-refractivity contribution in [3.05, 3.63) is 35.9 Å². The number of primary sulfonamides is 1. The highest BCUT2D eigenvalue weighted by atomic mass is 32.2. The molecule has 0 unspecified atom stereocenters. The summed E-state index contributed by atoms with van der Waals surface area (Å²) in [5.41, 5.74) is 0.775. The van der Waals surface area contributed by atoms with Gasteiger partial charge in [0.25, 0.3) is 0 Å². The summed E-state index contributed by atoms with van der Waals surface area (Å²) in [6, 6.07) is 7.80. The van der Waals surface area contributed by atoms with Crippen LogP contribution in [0.15, 0.2) is 30.3 Å². The van der Waals surface area contributed by atoms with Gasteiger partial charge in [0.15, 0.2) is 0 Å². The third-order valence-corrected chi connectivity index (χ3v) is 3.49. The Bertz CT molecular complexity index is 602. The fourth-order valence-corrected chi connectivity index (χ4v) is 2.14. The Balaban J connectivity index is 2.53. The molecule has 1 aromatic rings. The summed E-state index contributed by atoms with van der Waals surface area (Å²) in [5.74, 6) is -1.24. The predicted molar refractivity (Wildman–Crippen MR) is 78.2 cm³/mol. The van der Waals surface area contributed by atoms with Gasteiger partial charge in [-0.05, 0) is 12.0 Å². The van der Waals surface area contributed by atoms with Gasteiger partial charge >= 0.3 is 12.1 Å². The second kappa shape index (κ2) is 8.35. The molecule has 0 saturated carbocycles. The number of methoxy groups -OCH3 is 1. The minimum absolute atomic E-state index is 0.0236. The number of carbonyl (C=O) groups excluding carboxylic acids is 2. The Labute approximate surface area is 128 Å². The van der Waals surface area contributed by atoms with Crippen molar-refractivity contribution in [2.45, 2.75) is 19.1 Å². The highest BCUT2D eigenvalue weighted by molar-refractivity contribution is 7.89. The zero-order valence-corrected chi connectivity index (χ0v) is 12.8. The van der Waals surface area contributed by atoms with E-state index in [4.69, 9.17) is 9.88 Å². The van der Waals surface area contributed by atoms with Crippen molar-refractivity contribution < 1.29 is 27.5 Å². The van der Waals surface area contributed by atoms with E-state index in [2.05, 4.69) is 10.1 Å². The Morgan fingerprint density at radius 3 is 2.45 bits per heavy atom. The number of hydrogen-bond donors (Lipinski definition) is 2. The smallest absolute Gasteiger partial charge is 0.408 e. The molecule has 1 rings (SSSR count). The number of rotatable bonds is 7. The van der Waals surface area contributed by atoms with Crippen molar-refractivity contribution in [2.75, 3.05) is 12.9 Å². The van der Waals surface area contributed by atoms with Crippen LogP contribution in [0.5, 0.6) is 0 Å². The maximum Gasteiger partial charge on any atom is 0.408 e. The Kier molecular flexibility index (Phi) is 6.80. The lowest BCUT2D eigenvalue weighted by atomic mass is 10.2. The van der Waals surface area contributed by atoms with E-state index >= 15 is 0 Å². The first-order valence-electron chi connectivity index (χ1n) is 6.37. The molecule has 0 spiro atoms. The summed E-state index contributed by atoms with van der Waals surface area (Å²) in [5, 5.41) is 7.12. The van der Waals surface area contributed by atoms with E-state index in [-0.39, 0.29) is 13.0 Å². The summed E-state index contributed by atoms with van der Waals surface area (Å²) in [7, 11) is -2.62. The molecule has 0 aliphatic carbocycles. The number of ether oxygens (including phenoxy) is 2. The van der Waals surface area contributed by atoms with Crippen LogP contribution >= 0.6 is 0 Å². The number of sulfonamides is 1. The first kappa shape index (κ1) is 17.9. The van der Waals surface area contributed by atoms with E-state index < -0.39 is 33.9 Å². The van der Waals surface area contributed by atoms with Gasteiger partial charge in [0.1, 0.15) is 12.6 Å². The highest BCUT2D eigenvalue weighted by Crippen LogP contribution is 2.02. The summed E-state index contributed by atoms with van der Waals surface area (Å²) >= 11 is 0. The average molecular weight is 330 g/mol. The maximum absolute atomic E-state index is 11.6.